The van der Waals surface area contributed by atoms with Crippen LogP contribution in [-0.2, 0) is 16.1 Å². The maximum Gasteiger partial charge on any atom is 0.328 e. The molecule has 2 heterocycles. The summed E-state index contributed by atoms with van der Waals surface area (Å²) in [5, 5.41) is 23.3. The van der Waals surface area contributed by atoms with Crippen LogP contribution in [0.3, 0.4) is 0 Å². The van der Waals surface area contributed by atoms with Crippen molar-refractivity contribution in [2.75, 3.05) is 19.7 Å². The maximum absolute atomic E-state index is 9.55. The van der Waals surface area contributed by atoms with Crippen LogP contribution in [0.5, 0.6) is 5.88 Å². The van der Waals surface area contributed by atoms with Gasteiger partial charge < -0.3 is 19.5 Å². The minimum atomic E-state index is -1.26. The molecular weight excluding hydrogens is 484 g/mol. The van der Waals surface area contributed by atoms with Gasteiger partial charge in [0.05, 0.1) is 12.0 Å². The van der Waals surface area contributed by atoms with E-state index in [1.54, 1.807) is 0 Å². The van der Waals surface area contributed by atoms with Gasteiger partial charge in [0, 0.05) is 18.7 Å². The summed E-state index contributed by atoms with van der Waals surface area (Å²) in [5.74, 6) is -1.17. The monoisotopic (exact) mass is 516 g/mol. The summed E-state index contributed by atoms with van der Waals surface area (Å²) >= 11 is 0. The Kier molecular flexibility index (Phi) is 9.11. The van der Waals surface area contributed by atoms with Crippen LogP contribution in [0.4, 0.5) is 0 Å². The molecule has 8 heteroatoms. The first-order valence-corrected chi connectivity index (χ1v) is 12.7. The van der Waals surface area contributed by atoms with Gasteiger partial charge >= 0.3 is 11.9 Å². The summed E-state index contributed by atoms with van der Waals surface area (Å²) in [6, 6.07) is 21.5. The van der Waals surface area contributed by atoms with Crippen LogP contribution in [0.2, 0.25) is 0 Å². The predicted molar refractivity (Wildman–Crippen MR) is 145 cm³/mol. The molecule has 2 N–H and O–H groups in total. The minimum absolute atomic E-state index is 0.558. The van der Waals surface area contributed by atoms with Crippen LogP contribution in [0, 0.1) is 12.8 Å². The topological polar surface area (TPSA) is 113 Å². The fourth-order valence-electron chi connectivity index (χ4n) is 4.63. The lowest BCUT2D eigenvalue weighted by Gasteiger charge is -2.32. The number of rotatable bonds is 8. The number of carbonyl (C=O) groups is 2. The molecule has 0 saturated carbocycles. The first kappa shape index (κ1) is 26.9. The molecule has 1 fully saturated rings. The van der Waals surface area contributed by atoms with Crippen LogP contribution >= 0.6 is 0 Å². The Hall–Kier alpha value is -4.17. The predicted octanol–water partition coefficient (Wildman–Crippen LogP) is 5.68. The largest absolute Gasteiger partial charge is 0.478 e. The van der Waals surface area contributed by atoms with Crippen LogP contribution in [-0.4, -0.2) is 51.9 Å². The number of fused-ring (bicyclic) bond motifs is 2. The molecule has 0 bridgehead atoms. The number of carboxylic acid groups (broad SMARTS) is 2. The number of hydrogen-bond donors (Lipinski definition) is 2. The third-order valence-electron chi connectivity index (χ3n) is 6.65. The number of likely N-dealkylation sites (tertiary alicyclic amines) is 1. The fourth-order valence-corrected chi connectivity index (χ4v) is 4.63. The van der Waals surface area contributed by atoms with Gasteiger partial charge in [-0.25, -0.2) is 9.59 Å². The molecule has 1 aliphatic heterocycles. The van der Waals surface area contributed by atoms with Crippen molar-refractivity contribution >= 4 is 33.7 Å². The summed E-state index contributed by atoms with van der Waals surface area (Å²) in [6.07, 6.45) is 4.65. The van der Waals surface area contributed by atoms with E-state index in [1.807, 2.05) is 12.1 Å². The molecule has 1 aromatic heterocycles. The molecule has 3 aromatic carbocycles. The fraction of sp³-hybridized carbons (Fsp3) is 0.300. The highest BCUT2D eigenvalue weighted by atomic mass is 16.5. The van der Waals surface area contributed by atoms with E-state index in [1.165, 1.54) is 34.7 Å². The normalized spacial score (nSPS) is 14.4. The molecule has 198 valence electrons. The number of ether oxygens (including phenoxy) is 1. The summed E-state index contributed by atoms with van der Waals surface area (Å²) in [4.78, 5) is 21.7. The third kappa shape index (κ3) is 7.66. The summed E-state index contributed by atoms with van der Waals surface area (Å²) in [5.41, 5.74) is 3.38. The smallest absolute Gasteiger partial charge is 0.328 e. The van der Waals surface area contributed by atoms with E-state index in [2.05, 4.69) is 65.5 Å². The lowest BCUT2D eigenvalue weighted by molar-refractivity contribution is -0.134. The van der Waals surface area contributed by atoms with Crippen molar-refractivity contribution in [1.29, 1.82) is 0 Å². The Morgan fingerprint density at radius 2 is 1.71 bits per heavy atom. The zero-order valence-electron chi connectivity index (χ0n) is 21.4. The molecule has 5 rings (SSSR count). The van der Waals surface area contributed by atoms with Gasteiger partial charge in [0.25, 0.3) is 5.88 Å². The van der Waals surface area contributed by atoms with Crippen molar-refractivity contribution in [3.8, 4) is 5.88 Å². The highest BCUT2D eigenvalue weighted by Gasteiger charge is 2.20. The second kappa shape index (κ2) is 12.9. The molecule has 38 heavy (non-hydrogen) atoms. The number of aryl methyl sites for hydroxylation is 1. The number of aromatic nitrogens is 1. The average molecular weight is 517 g/mol. The molecule has 4 aromatic rings. The number of benzene rings is 3. The van der Waals surface area contributed by atoms with E-state index in [9.17, 15) is 9.59 Å². The third-order valence-corrected chi connectivity index (χ3v) is 6.65. The van der Waals surface area contributed by atoms with Crippen molar-refractivity contribution in [3.05, 3.63) is 83.9 Å². The zero-order valence-corrected chi connectivity index (χ0v) is 21.4. The van der Waals surface area contributed by atoms with Crippen molar-refractivity contribution in [1.82, 2.24) is 10.1 Å². The number of carboxylic acids is 2. The van der Waals surface area contributed by atoms with Crippen molar-refractivity contribution in [2.45, 2.75) is 32.7 Å². The molecular formula is C30H32N2O6. The van der Waals surface area contributed by atoms with Crippen LogP contribution in [0.15, 0.2) is 77.3 Å². The van der Waals surface area contributed by atoms with E-state index in [0.29, 0.717) is 24.6 Å². The number of nitrogens with zero attached hydrogens (tertiary/aromatic N) is 2. The molecule has 0 radical (unpaired) electrons. The summed E-state index contributed by atoms with van der Waals surface area (Å²) in [7, 11) is 0. The van der Waals surface area contributed by atoms with Gasteiger partial charge in [-0.3, -0.25) is 4.90 Å². The van der Waals surface area contributed by atoms with Crippen LogP contribution < -0.4 is 4.74 Å². The number of aliphatic carboxylic acids is 2. The molecule has 0 spiro atoms. The van der Waals surface area contributed by atoms with Gasteiger partial charge in [-0.1, -0.05) is 48.0 Å². The standard InChI is InChI=1S/C26H28N2O2.C4H4O4/c1-19-6-9-25-24(16-19)26(27-30-25)29-15-12-20-10-13-28(14-11-20)18-21-7-8-22-4-2-3-5-23(22)17-21;5-3(6)1-2-4(7)8/h2-9,16-17,20H,10-15,18H2,1H3;1-2H,(H,5,6)(H,7,8)/b;2-1+. The molecule has 1 saturated heterocycles. The van der Waals surface area contributed by atoms with Crippen molar-refractivity contribution in [2.24, 2.45) is 5.92 Å². The first-order chi connectivity index (χ1) is 18.4. The lowest BCUT2D eigenvalue weighted by atomic mass is 9.93. The second-order valence-electron chi connectivity index (χ2n) is 9.54. The molecule has 0 atom stereocenters. The maximum atomic E-state index is 9.55. The molecule has 1 aliphatic rings. The first-order valence-electron chi connectivity index (χ1n) is 12.7. The van der Waals surface area contributed by atoms with Gasteiger partial charge in [0.2, 0.25) is 0 Å². The van der Waals surface area contributed by atoms with Gasteiger partial charge in [-0.15, -0.1) is 0 Å². The zero-order chi connectivity index (χ0) is 26.9. The Labute approximate surface area is 221 Å². The van der Waals surface area contributed by atoms with E-state index < -0.39 is 11.9 Å². The van der Waals surface area contributed by atoms with Crippen LogP contribution in [0.1, 0.15) is 30.4 Å². The van der Waals surface area contributed by atoms with E-state index in [4.69, 9.17) is 19.5 Å². The lowest BCUT2D eigenvalue weighted by Crippen LogP contribution is -2.33. The Morgan fingerprint density at radius 1 is 1.00 bits per heavy atom. The average Bonchev–Trinajstić information content (AvgIpc) is 3.31. The minimum Gasteiger partial charge on any atom is -0.478 e. The highest BCUT2D eigenvalue weighted by molar-refractivity contribution is 5.89. The quantitative estimate of drug-likeness (QED) is 0.288. The highest BCUT2D eigenvalue weighted by Crippen LogP contribution is 2.27. The molecule has 0 aliphatic carbocycles. The van der Waals surface area contributed by atoms with Crippen molar-refractivity contribution in [3.63, 3.8) is 0 Å². The van der Waals surface area contributed by atoms with E-state index in [0.717, 1.165) is 42.9 Å². The van der Waals surface area contributed by atoms with E-state index >= 15 is 0 Å². The Bertz CT molecular complexity index is 1400. The van der Waals surface area contributed by atoms with Gasteiger partial charge in [0.1, 0.15) is 0 Å². The number of piperidine rings is 1. The SMILES string of the molecule is Cc1ccc2onc(OCCC3CCN(Cc4ccc5ccccc5c4)CC3)c2c1.O=C(O)/C=C/C(=O)O. The Morgan fingerprint density at radius 3 is 2.42 bits per heavy atom. The Balaban J connectivity index is 0.000000368. The summed E-state index contributed by atoms with van der Waals surface area (Å²) in [6.45, 7) is 6.12. The second-order valence-corrected chi connectivity index (χ2v) is 9.54. The van der Waals surface area contributed by atoms with Crippen LogP contribution in [0.25, 0.3) is 21.7 Å². The van der Waals surface area contributed by atoms with Crippen molar-refractivity contribution < 1.29 is 29.1 Å². The van der Waals surface area contributed by atoms with Gasteiger partial charge in [-0.2, -0.15) is 0 Å². The van der Waals surface area contributed by atoms with Gasteiger partial charge in [-0.05, 0) is 84.9 Å². The molecule has 8 nitrogen and oxygen atoms in total. The molecule has 0 amide bonds. The van der Waals surface area contributed by atoms with E-state index in [-0.39, 0.29) is 0 Å². The van der Waals surface area contributed by atoms with Gasteiger partial charge in [0.15, 0.2) is 5.58 Å². The molecule has 0 unspecified atom stereocenters. The number of hydrogen-bond acceptors (Lipinski definition) is 6. The summed E-state index contributed by atoms with van der Waals surface area (Å²) < 4.78 is 11.3.